The highest BCUT2D eigenvalue weighted by Gasteiger charge is 2.51. The van der Waals surface area contributed by atoms with Gasteiger partial charge >= 0.3 is 6.03 Å². The van der Waals surface area contributed by atoms with Crippen LogP contribution < -0.4 is 11.1 Å². The largest absolute Gasteiger partial charge is 0.398 e. The minimum Gasteiger partial charge on any atom is -0.398 e. The number of nitrogens with two attached hydrogens (primary N) is 1. The zero-order valence-corrected chi connectivity index (χ0v) is 13.3. The van der Waals surface area contributed by atoms with Crippen LogP contribution in [0.5, 0.6) is 0 Å². The van der Waals surface area contributed by atoms with Gasteiger partial charge in [0.2, 0.25) is 0 Å². The molecule has 5 nitrogen and oxygen atoms in total. The number of carbonyl (C=O) groups excluding carboxylic acids is 2. The number of rotatable bonds is 2. The lowest BCUT2D eigenvalue weighted by atomic mass is 9.82. The van der Waals surface area contributed by atoms with E-state index in [4.69, 9.17) is 5.73 Å². The van der Waals surface area contributed by atoms with Gasteiger partial charge in [-0.1, -0.05) is 25.3 Å². The Bertz CT molecular complexity index is 597. The molecule has 1 aliphatic heterocycles. The summed E-state index contributed by atoms with van der Waals surface area (Å²) in [5.41, 5.74) is 6.65. The molecule has 112 valence electrons. The van der Waals surface area contributed by atoms with Crippen LogP contribution in [0.2, 0.25) is 0 Å². The normalized spacial score (nSPS) is 20.9. The van der Waals surface area contributed by atoms with Crippen molar-refractivity contribution >= 4 is 33.6 Å². The number of anilines is 1. The topological polar surface area (TPSA) is 75.4 Å². The molecule has 1 aliphatic carbocycles. The van der Waals surface area contributed by atoms with E-state index in [0.717, 1.165) is 42.1 Å². The van der Waals surface area contributed by atoms with E-state index in [2.05, 4.69) is 21.2 Å². The van der Waals surface area contributed by atoms with Gasteiger partial charge < -0.3 is 11.1 Å². The summed E-state index contributed by atoms with van der Waals surface area (Å²) in [6, 6.07) is 5.20. The fourth-order valence-electron chi connectivity index (χ4n) is 3.19. The van der Waals surface area contributed by atoms with Gasteiger partial charge in [0.25, 0.3) is 5.91 Å². The van der Waals surface area contributed by atoms with Crippen LogP contribution >= 0.6 is 15.9 Å². The molecule has 1 aromatic carbocycles. The number of nitrogens with one attached hydrogen (secondary N) is 1. The molecule has 0 unspecified atom stereocenters. The average Bonchev–Trinajstić information content (AvgIpc) is 2.68. The summed E-state index contributed by atoms with van der Waals surface area (Å²) in [6.07, 6.45) is 4.61. The van der Waals surface area contributed by atoms with Crippen molar-refractivity contribution in [3.63, 3.8) is 0 Å². The first kappa shape index (κ1) is 14.4. The average molecular weight is 352 g/mol. The first-order valence-electron chi connectivity index (χ1n) is 7.20. The zero-order valence-electron chi connectivity index (χ0n) is 11.7. The lowest BCUT2D eigenvalue weighted by molar-refractivity contribution is -0.132. The van der Waals surface area contributed by atoms with Crippen LogP contribution in [0.4, 0.5) is 10.5 Å². The molecule has 21 heavy (non-hydrogen) atoms. The number of nitrogen functional groups attached to an aromatic ring is 1. The molecular weight excluding hydrogens is 334 g/mol. The summed E-state index contributed by atoms with van der Waals surface area (Å²) in [5, 5.41) is 2.91. The van der Waals surface area contributed by atoms with E-state index in [0.29, 0.717) is 5.69 Å². The Kier molecular flexibility index (Phi) is 3.65. The monoisotopic (exact) mass is 351 g/mol. The molecule has 0 radical (unpaired) electrons. The van der Waals surface area contributed by atoms with Gasteiger partial charge in [-0.2, -0.15) is 0 Å². The molecule has 2 aliphatic rings. The van der Waals surface area contributed by atoms with Gasteiger partial charge in [0.15, 0.2) is 0 Å². The standard InChI is InChI=1S/C15H18BrN3O2/c16-11-5-4-10(8-12(11)17)9-19-13(20)15(18-14(19)21)6-2-1-3-7-15/h4-5,8H,1-3,6-7,9,17H2,(H,18,21). The maximum Gasteiger partial charge on any atom is 0.325 e. The van der Waals surface area contributed by atoms with Gasteiger partial charge in [-0.15, -0.1) is 0 Å². The van der Waals surface area contributed by atoms with E-state index in [1.807, 2.05) is 12.1 Å². The van der Waals surface area contributed by atoms with Crippen LogP contribution in [0, 0.1) is 0 Å². The molecule has 1 spiro atoms. The van der Waals surface area contributed by atoms with Crippen molar-refractivity contribution in [2.24, 2.45) is 0 Å². The number of amides is 3. The molecule has 1 aromatic rings. The number of benzene rings is 1. The minimum absolute atomic E-state index is 0.0892. The van der Waals surface area contributed by atoms with E-state index in [9.17, 15) is 9.59 Å². The van der Waals surface area contributed by atoms with Crippen LogP contribution in [-0.2, 0) is 11.3 Å². The predicted octanol–water partition coefficient (Wildman–Crippen LogP) is 2.79. The second-order valence-electron chi connectivity index (χ2n) is 5.82. The van der Waals surface area contributed by atoms with Crippen molar-refractivity contribution in [1.82, 2.24) is 10.2 Å². The van der Waals surface area contributed by atoms with Crippen molar-refractivity contribution < 1.29 is 9.59 Å². The summed E-state index contributed by atoms with van der Waals surface area (Å²) in [5.74, 6) is -0.0892. The third kappa shape index (κ3) is 2.52. The SMILES string of the molecule is Nc1cc(CN2C(=O)NC3(CCCCC3)C2=O)ccc1Br. The van der Waals surface area contributed by atoms with Crippen LogP contribution in [-0.4, -0.2) is 22.4 Å². The van der Waals surface area contributed by atoms with Crippen molar-refractivity contribution in [3.8, 4) is 0 Å². The highest BCUT2D eigenvalue weighted by Crippen LogP contribution is 2.34. The van der Waals surface area contributed by atoms with E-state index < -0.39 is 5.54 Å². The van der Waals surface area contributed by atoms with Crippen LogP contribution in [0.3, 0.4) is 0 Å². The van der Waals surface area contributed by atoms with Crippen LogP contribution in [0.15, 0.2) is 22.7 Å². The number of nitrogens with zero attached hydrogens (tertiary/aromatic N) is 1. The molecule has 0 bridgehead atoms. The van der Waals surface area contributed by atoms with Crippen molar-refractivity contribution in [2.75, 3.05) is 5.73 Å². The summed E-state index contributed by atoms with van der Waals surface area (Å²) < 4.78 is 0.812. The molecule has 3 rings (SSSR count). The summed E-state index contributed by atoms with van der Waals surface area (Å²) >= 11 is 3.34. The minimum atomic E-state index is -0.657. The molecule has 2 fully saturated rings. The highest BCUT2D eigenvalue weighted by atomic mass is 79.9. The van der Waals surface area contributed by atoms with Gasteiger partial charge in [-0.3, -0.25) is 9.69 Å². The molecule has 1 saturated heterocycles. The second-order valence-corrected chi connectivity index (χ2v) is 6.67. The van der Waals surface area contributed by atoms with Gasteiger partial charge in [-0.25, -0.2) is 4.79 Å². The summed E-state index contributed by atoms with van der Waals surface area (Å²) in [4.78, 5) is 26.1. The summed E-state index contributed by atoms with van der Waals surface area (Å²) in [7, 11) is 0. The number of hydrogen-bond acceptors (Lipinski definition) is 3. The third-order valence-electron chi connectivity index (χ3n) is 4.35. The first-order chi connectivity index (χ1) is 10.0. The maximum atomic E-state index is 12.7. The van der Waals surface area contributed by atoms with Crippen LogP contribution in [0.25, 0.3) is 0 Å². The van der Waals surface area contributed by atoms with Crippen molar-refractivity contribution in [2.45, 2.75) is 44.2 Å². The Hall–Kier alpha value is -1.56. The molecule has 0 atom stereocenters. The highest BCUT2D eigenvalue weighted by molar-refractivity contribution is 9.10. The number of urea groups is 1. The molecule has 6 heteroatoms. The second kappa shape index (κ2) is 5.33. The smallest absolute Gasteiger partial charge is 0.325 e. The van der Waals surface area contributed by atoms with Crippen molar-refractivity contribution in [1.29, 1.82) is 0 Å². The van der Waals surface area contributed by atoms with E-state index in [1.54, 1.807) is 6.07 Å². The van der Waals surface area contributed by atoms with Gasteiger partial charge in [0, 0.05) is 10.2 Å². The molecular formula is C15H18BrN3O2. The number of hydrogen-bond donors (Lipinski definition) is 2. The van der Waals surface area contributed by atoms with Crippen LogP contribution in [0.1, 0.15) is 37.7 Å². The van der Waals surface area contributed by atoms with Crippen molar-refractivity contribution in [3.05, 3.63) is 28.2 Å². The zero-order chi connectivity index (χ0) is 15.0. The maximum absolute atomic E-state index is 12.7. The Labute approximate surface area is 132 Å². The summed E-state index contributed by atoms with van der Waals surface area (Å²) in [6.45, 7) is 0.268. The fraction of sp³-hybridized carbons (Fsp3) is 0.467. The predicted molar refractivity (Wildman–Crippen MR) is 83.5 cm³/mol. The number of carbonyl (C=O) groups is 2. The van der Waals surface area contributed by atoms with E-state index in [1.165, 1.54) is 4.90 Å². The number of halogens is 1. The molecule has 1 heterocycles. The van der Waals surface area contributed by atoms with E-state index in [-0.39, 0.29) is 18.5 Å². The Morgan fingerprint density at radius 1 is 1.24 bits per heavy atom. The lowest BCUT2D eigenvalue weighted by Gasteiger charge is -2.30. The third-order valence-corrected chi connectivity index (χ3v) is 5.08. The molecule has 3 amide bonds. The Morgan fingerprint density at radius 3 is 2.62 bits per heavy atom. The van der Waals surface area contributed by atoms with Gasteiger partial charge in [0.05, 0.1) is 6.54 Å². The molecule has 0 aromatic heterocycles. The van der Waals surface area contributed by atoms with E-state index >= 15 is 0 Å². The van der Waals surface area contributed by atoms with Gasteiger partial charge in [0.1, 0.15) is 5.54 Å². The fourth-order valence-corrected chi connectivity index (χ4v) is 3.43. The Balaban J connectivity index is 1.80. The Morgan fingerprint density at radius 2 is 1.95 bits per heavy atom. The van der Waals surface area contributed by atoms with Gasteiger partial charge in [-0.05, 0) is 46.5 Å². The molecule has 1 saturated carbocycles. The lowest BCUT2D eigenvalue weighted by Crippen LogP contribution is -2.48. The molecule has 3 N–H and O–H groups in total. The quantitative estimate of drug-likeness (QED) is 0.635. The first-order valence-corrected chi connectivity index (χ1v) is 7.99. The number of imide groups is 1.